The molecule has 24 bridgehead atoms. The smallest absolute Gasteiger partial charge is 0.172 e. The van der Waals surface area contributed by atoms with Crippen molar-refractivity contribution in [3.63, 3.8) is 0 Å². The van der Waals surface area contributed by atoms with Gasteiger partial charge in [0.1, 0.15) is 72.6 Å². The quantitative estimate of drug-likeness (QED) is 0.0939. The van der Waals surface area contributed by atoms with E-state index in [1.54, 1.807) is 14.2 Å². The molecule has 0 aromatic carbocycles. The summed E-state index contributed by atoms with van der Waals surface area (Å²) >= 11 is 0. The molecule has 38 atom stereocenters. The molecule has 0 aromatic rings. The monoisotopic (exact) mass is 1480 g/mol. The van der Waals surface area contributed by atoms with Gasteiger partial charge in [0.05, 0.1) is 141 Å². The molecule has 0 saturated carbocycles. The highest BCUT2D eigenvalue weighted by Gasteiger charge is 2.71. The van der Waals surface area contributed by atoms with E-state index in [1.165, 1.54) is 0 Å². The van der Waals surface area contributed by atoms with Gasteiger partial charge < -0.3 is 95.5 Å². The number of ether oxygens (including phenoxy) is 18. The van der Waals surface area contributed by atoms with E-state index in [0.717, 1.165) is 106 Å². The van der Waals surface area contributed by atoms with E-state index < -0.39 is 36.0 Å². The third-order valence-corrected chi connectivity index (χ3v) is 28.2. The average Bonchev–Trinajstić information content (AvgIpc) is 1.55. The molecule has 20 aliphatic rings. The molecule has 20 heterocycles. The fourth-order valence-electron chi connectivity index (χ4n) is 22.7. The van der Waals surface area contributed by atoms with Crippen molar-refractivity contribution >= 4 is 11.6 Å². The number of aliphatic hydroxyl groups excluding tert-OH is 2. The fourth-order valence-corrected chi connectivity index (χ4v) is 22.7. The lowest BCUT2D eigenvalue weighted by molar-refractivity contribution is -0.292. The van der Waals surface area contributed by atoms with Crippen molar-refractivity contribution in [1.29, 1.82) is 0 Å². The van der Waals surface area contributed by atoms with Crippen molar-refractivity contribution in [1.82, 2.24) is 0 Å². The number of hydrogen-bond acceptors (Lipinski definition) is 23. The Morgan fingerprint density at radius 3 is 1.30 bits per heavy atom. The minimum Gasteiger partial charge on any atom is -0.393 e. The van der Waals surface area contributed by atoms with Gasteiger partial charge in [-0.2, -0.15) is 0 Å². The fraction of sp³-hybridized carbons (Fsp3) is 0.877. The standard InChI is InChI=1S/C41H60O11.C40H57N3O11/c1-6-23(42)17-33-35(44-5)28-16-24(43)15-26-8-10-30-36(47-26)40-39-38(49-30)37-34(50-39)19-41(51-37,52-40)12-11-27-14-21(3)29(45-27)9-7-25-13-20(2)22(4)31(46-25)18-32(28)48-33;1-19-11-24-5-7-28-20(2)12-26(47-28)9-10-40-17-33-36(53-40)37-38(52-33)39(54-40)35-29(51-37)8-6-25(49-35)13-22(44)14-27-31(16-30(48-24)21(19)3)50-32(34(27)46-4)15-23(45)18-42-43-41/h20,23,25-40,42H,3-4,6-19H2,1-2,5H3;19,23-39,45H,2-3,5-18H2,1,4H3/t;19?,23?,24?,25?,26?,27?,28?,29?,30?,31?,32?,33?,34?,35?,36?,37-,38?,39?,40?/m.0/s1. The maximum Gasteiger partial charge on any atom is 0.172 e. The topological polar surface area (TPSA) is 290 Å². The number of hydrogen-bond donors (Lipinski definition) is 2. The summed E-state index contributed by atoms with van der Waals surface area (Å²) in [4.78, 5) is 31.0. The van der Waals surface area contributed by atoms with E-state index >= 15 is 0 Å². The molecule has 37 unspecified atom stereocenters. The van der Waals surface area contributed by atoms with Crippen molar-refractivity contribution in [2.75, 3.05) is 20.8 Å². The molecule has 0 aromatic heterocycles. The van der Waals surface area contributed by atoms with Gasteiger partial charge in [-0.25, -0.2) is 0 Å². The molecular weight excluding hydrogens is 1370 g/mol. The summed E-state index contributed by atoms with van der Waals surface area (Å²) < 4.78 is 120. The van der Waals surface area contributed by atoms with Crippen LogP contribution in [0.3, 0.4) is 0 Å². The van der Waals surface area contributed by atoms with Crippen LogP contribution in [0.4, 0.5) is 0 Å². The van der Waals surface area contributed by atoms with Crippen LogP contribution in [0, 0.1) is 23.7 Å². The van der Waals surface area contributed by atoms with Gasteiger partial charge in [0.25, 0.3) is 0 Å². The van der Waals surface area contributed by atoms with E-state index in [2.05, 4.69) is 50.2 Å². The third kappa shape index (κ3) is 14.8. The Bertz CT molecular complexity index is 3300. The summed E-state index contributed by atoms with van der Waals surface area (Å²) in [5.41, 5.74) is 13.2. The lowest BCUT2D eigenvalue weighted by atomic mass is 9.81. The minimum absolute atomic E-state index is 0.00556. The van der Waals surface area contributed by atoms with Crippen LogP contribution in [0.2, 0.25) is 0 Å². The number of carbonyl (C=O) groups excluding carboxylic acids is 2. The molecular formula is C81H117N3O22. The van der Waals surface area contributed by atoms with Gasteiger partial charge in [0, 0.05) is 108 Å². The Labute approximate surface area is 623 Å². The number of aliphatic hydroxyl groups is 2. The molecule has 106 heavy (non-hydrogen) atoms. The first kappa shape index (κ1) is 75.5. The molecule has 0 amide bonds. The summed E-state index contributed by atoms with van der Waals surface area (Å²) in [6.07, 6.45) is 10.0. The van der Waals surface area contributed by atoms with Gasteiger partial charge in [-0.1, -0.05) is 52.2 Å². The normalized spacial score (nSPS) is 51.5. The molecule has 20 rings (SSSR count). The highest BCUT2D eigenvalue weighted by molar-refractivity contribution is 5.80. The van der Waals surface area contributed by atoms with Gasteiger partial charge >= 0.3 is 0 Å². The van der Waals surface area contributed by atoms with Crippen LogP contribution in [-0.2, 0) is 94.9 Å². The maximum absolute atomic E-state index is 14.1. The molecule has 20 fully saturated rings. The summed E-state index contributed by atoms with van der Waals surface area (Å²) in [5, 5.41) is 24.9. The summed E-state index contributed by atoms with van der Waals surface area (Å²) in [5.74, 6) is -1.30. The zero-order valence-electron chi connectivity index (χ0n) is 62.8. The number of Topliss-reactive ketones (excluding diaryl/α,β-unsaturated/α-hetero) is 2. The van der Waals surface area contributed by atoms with E-state index in [0.29, 0.717) is 76.5 Å². The van der Waals surface area contributed by atoms with Crippen molar-refractivity contribution in [3.05, 3.63) is 59.1 Å². The molecule has 588 valence electrons. The van der Waals surface area contributed by atoms with E-state index in [4.69, 9.17) is 90.8 Å². The van der Waals surface area contributed by atoms with Crippen molar-refractivity contribution in [3.8, 4) is 0 Å². The molecule has 20 saturated heterocycles. The number of rotatable bonds is 9. The van der Waals surface area contributed by atoms with Crippen molar-refractivity contribution in [2.24, 2.45) is 28.8 Å². The molecule has 25 heteroatoms. The Morgan fingerprint density at radius 1 is 0.453 bits per heavy atom. The van der Waals surface area contributed by atoms with Crippen molar-refractivity contribution in [2.45, 2.75) is 401 Å². The Balaban J connectivity index is 0.000000156. The first-order chi connectivity index (χ1) is 51.2. The molecule has 0 radical (unpaired) electrons. The Kier molecular flexibility index (Phi) is 22.0. The maximum atomic E-state index is 14.1. The highest BCUT2D eigenvalue weighted by atomic mass is 16.8. The number of methoxy groups -OCH3 is 2. The lowest BCUT2D eigenvalue weighted by Crippen LogP contribution is -2.61. The Morgan fingerprint density at radius 2 is 0.858 bits per heavy atom. The van der Waals surface area contributed by atoms with E-state index in [1.807, 2.05) is 6.92 Å². The van der Waals surface area contributed by atoms with Crippen LogP contribution in [0.1, 0.15) is 194 Å². The van der Waals surface area contributed by atoms with E-state index in [-0.39, 0.29) is 226 Å². The lowest BCUT2D eigenvalue weighted by Gasteiger charge is -2.47. The number of fused-ring (bicyclic) bond motifs is 12. The first-order valence-electron chi connectivity index (χ1n) is 41.0. The largest absolute Gasteiger partial charge is 0.393 e. The second kappa shape index (κ2) is 31.0. The average molecular weight is 1480 g/mol. The summed E-state index contributed by atoms with van der Waals surface area (Å²) in [6, 6.07) is 0. The highest BCUT2D eigenvalue weighted by Crippen LogP contribution is 2.57. The SMILES string of the molecule is C=C1CC2CCC34CC5OC6C(O3)C3OC(CCC3O[C@H]6C5O4)CC(=O)CC3C(CC4OC(CCC1O2)CC(C)C4=C)OC(CC(O)CN=[N+]=[N-])C3OC.C=C1CC2CCC34CC5OC6C(OC7CCC(CC(=O)CC8C(CC9OC(CCC1O2)CC(C)C9=C)OC(CC(O)CC)C8OC)OC7C6O3)C5O4. The van der Waals surface area contributed by atoms with Gasteiger partial charge in [0.15, 0.2) is 11.6 Å². The van der Waals surface area contributed by atoms with Crippen LogP contribution in [-0.4, -0.2) is 249 Å². The number of nitrogens with zero attached hydrogens (tertiary/aromatic N) is 3. The predicted octanol–water partition coefficient (Wildman–Crippen LogP) is 9.68. The van der Waals surface area contributed by atoms with Gasteiger partial charge in [-0.15, -0.1) is 0 Å². The zero-order valence-corrected chi connectivity index (χ0v) is 62.8. The Hall–Kier alpha value is -3.19. The number of azide groups is 1. The number of carbonyl (C=O) groups is 2. The molecule has 20 aliphatic heterocycles. The summed E-state index contributed by atoms with van der Waals surface area (Å²) in [7, 11) is 3.31. The first-order valence-corrected chi connectivity index (χ1v) is 41.0. The minimum atomic E-state index is -0.908. The zero-order chi connectivity index (χ0) is 73.2. The molecule has 0 aliphatic carbocycles. The second-order valence-electron chi connectivity index (χ2n) is 35.2. The molecule has 2 N–H and O–H groups in total. The predicted molar refractivity (Wildman–Crippen MR) is 379 cm³/mol. The molecule has 25 nitrogen and oxygen atoms in total. The van der Waals surface area contributed by atoms with Crippen LogP contribution in [0.15, 0.2) is 53.7 Å². The van der Waals surface area contributed by atoms with Crippen LogP contribution in [0.25, 0.3) is 10.4 Å². The van der Waals surface area contributed by atoms with Crippen LogP contribution < -0.4 is 0 Å². The number of ketones is 2. The van der Waals surface area contributed by atoms with Crippen LogP contribution in [0.5, 0.6) is 0 Å². The third-order valence-electron chi connectivity index (χ3n) is 28.2. The van der Waals surface area contributed by atoms with Crippen molar-refractivity contribution < 1.29 is 105 Å². The van der Waals surface area contributed by atoms with Gasteiger partial charge in [0.2, 0.25) is 0 Å². The molecule has 2 spiro atoms. The van der Waals surface area contributed by atoms with Gasteiger partial charge in [-0.3, -0.25) is 9.59 Å². The second-order valence-corrected chi connectivity index (χ2v) is 35.2. The summed E-state index contributed by atoms with van der Waals surface area (Å²) in [6.45, 7) is 24.2. The van der Waals surface area contributed by atoms with E-state index in [9.17, 15) is 19.8 Å². The van der Waals surface area contributed by atoms with Gasteiger partial charge in [-0.05, 0) is 136 Å². The van der Waals surface area contributed by atoms with Crippen LogP contribution >= 0.6 is 0 Å².